The first-order valence-electron chi connectivity index (χ1n) is 6.97. The summed E-state index contributed by atoms with van der Waals surface area (Å²) < 4.78 is 26.7. The van der Waals surface area contributed by atoms with Gasteiger partial charge in [-0.15, -0.1) is 0 Å². The van der Waals surface area contributed by atoms with Crippen molar-refractivity contribution in [3.8, 4) is 11.1 Å². The number of hydrogen-bond donors (Lipinski definition) is 2. The molecule has 6 heteroatoms. The molecule has 0 spiro atoms. The van der Waals surface area contributed by atoms with Crippen LogP contribution in [-0.2, 0) is 10.0 Å². The smallest absolute Gasteiger partial charge is 0.243 e. The van der Waals surface area contributed by atoms with Gasteiger partial charge >= 0.3 is 0 Å². The molecule has 2 rings (SSSR count). The molecular formula is C16H19NO4S. The summed E-state index contributed by atoms with van der Waals surface area (Å²) in [4.78, 5) is 0.170. The van der Waals surface area contributed by atoms with Crippen LogP contribution in [-0.4, -0.2) is 49.2 Å². The van der Waals surface area contributed by atoms with Crippen LogP contribution in [0.15, 0.2) is 59.5 Å². The third-order valence-electron chi connectivity index (χ3n) is 3.29. The summed E-state index contributed by atoms with van der Waals surface area (Å²) in [6.07, 6.45) is 0. The molecule has 2 aromatic carbocycles. The van der Waals surface area contributed by atoms with E-state index in [1.165, 1.54) is 0 Å². The highest BCUT2D eigenvalue weighted by Gasteiger charge is 2.26. The molecule has 0 aliphatic heterocycles. The minimum absolute atomic E-state index is 0.0496. The number of rotatable bonds is 7. The van der Waals surface area contributed by atoms with E-state index >= 15 is 0 Å². The lowest BCUT2D eigenvalue weighted by Gasteiger charge is -2.22. The monoisotopic (exact) mass is 321 g/mol. The van der Waals surface area contributed by atoms with Gasteiger partial charge in [0.2, 0.25) is 10.0 Å². The molecule has 0 aliphatic rings. The summed E-state index contributed by atoms with van der Waals surface area (Å²) in [5.41, 5.74) is 1.40. The first-order valence-corrected chi connectivity index (χ1v) is 8.41. The third kappa shape index (κ3) is 3.53. The molecule has 0 heterocycles. The molecular weight excluding hydrogens is 302 g/mol. The van der Waals surface area contributed by atoms with Gasteiger partial charge in [0.15, 0.2) is 0 Å². The normalized spacial score (nSPS) is 11.8. The summed E-state index contributed by atoms with van der Waals surface area (Å²) in [5, 5.41) is 18.1. The average molecular weight is 321 g/mol. The van der Waals surface area contributed by atoms with Crippen LogP contribution in [0.2, 0.25) is 0 Å². The molecule has 0 aliphatic carbocycles. The van der Waals surface area contributed by atoms with Gasteiger partial charge in [-0.25, -0.2) is 8.42 Å². The van der Waals surface area contributed by atoms with Gasteiger partial charge in [-0.05, 0) is 11.6 Å². The summed E-state index contributed by atoms with van der Waals surface area (Å²) in [7, 11) is -3.79. The Balaban J connectivity index is 2.52. The van der Waals surface area contributed by atoms with E-state index in [2.05, 4.69) is 0 Å². The zero-order valence-electron chi connectivity index (χ0n) is 12.1. The average Bonchev–Trinajstić information content (AvgIpc) is 2.55. The van der Waals surface area contributed by atoms with Gasteiger partial charge in [0.25, 0.3) is 0 Å². The molecule has 0 radical (unpaired) electrons. The Morgan fingerprint density at radius 3 is 1.95 bits per heavy atom. The fourth-order valence-corrected chi connectivity index (χ4v) is 3.90. The molecule has 5 nitrogen and oxygen atoms in total. The molecule has 0 atom stereocenters. The van der Waals surface area contributed by atoms with Crippen molar-refractivity contribution in [3.05, 3.63) is 54.6 Å². The van der Waals surface area contributed by atoms with Crippen LogP contribution in [0, 0.1) is 0 Å². The van der Waals surface area contributed by atoms with Crippen molar-refractivity contribution in [2.75, 3.05) is 26.3 Å². The van der Waals surface area contributed by atoms with E-state index in [1.807, 2.05) is 30.3 Å². The van der Waals surface area contributed by atoms with E-state index in [0.29, 0.717) is 5.56 Å². The number of hydrogen-bond acceptors (Lipinski definition) is 4. The van der Waals surface area contributed by atoms with Crippen LogP contribution in [0.4, 0.5) is 0 Å². The number of aliphatic hydroxyl groups excluding tert-OH is 2. The summed E-state index contributed by atoms with van der Waals surface area (Å²) in [6, 6.07) is 16.0. The van der Waals surface area contributed by atoms with Gasteiger partial charge in [0, 0.05) is 18.7 Å². The summed E-state index contributed by atoms with van der Waals surface area (Å²) >= 11 is 0. The van der Waals surface area contributed by atoms with Crippen molar-refractivity contribution in [2.45, 2.75) is 4.90 Å². The SMILES string of the molecule is O=S(=O)(c1ccccc1-c1ccccc1)N(CCO)CCO. The standard InChI is InChI=1S/C16H19NO4S/c18-12-10-17(11-13-19)22(20,21)16-9-5-4-8-15(16)14-6-2-1-3-7-14/h1-9,18-19H,10-13H2. The molecule has 0 saturated heterocycles. The van der Waals surface area contributed by atoms with Crippen molar-refractivity contribution in [2.24, 2.45) is 0 Å². The van der Waals surface area contributed by atoms with Gasteiger partial charge in [-0.1, -0.05) is 48.5 Å². The lowest BCUT2D eigenvalue weighted by molar-refractivity contribution is 0.217. The van der Waals surface area contributed by atoms with Crippen molar-refractivity contribution < 1.29 is 18.6 Å². The molecule has 0 fully saturated rings. The van der Waals surface area contributed by atoms with Gasteiger partial charge in [-0.2, -0.15) is 4.31 Å². The second kappa shape index (κ2) is 7.51. The van der Waals surface area contributed by atoms with Gasteiger partial charge in [-0.3, -0.25) is 0 Å². The first-order chi connectivity index (χ1) is 10.6. The van der Waals surface area contributed by atoms with Crippen molar-refractivity contribution in [1.82, 2.24) is 4.31 Å². The Morgan fingerprint density at radius 1 is 0.818 bits per heavy atom. The fraction of sp³-hybridized carbons (Fsp3) is 0.250. The number of nitrogens with zero attached hydrogens (tertiary/aromatic N) is 1. The summed E-state index contributed by atoms with van der Waals surface area (Å²) in [6.45, 7) is -0.697. The van der Waals surface area contributed by atoms with Crippen molar-refractivity contribution >= 4 is 10.0 Å². The molecule has 2 aromatic rings. The highest BCUT2D eigenvalue weighted by Crippen LogP contribution is 2.29. The van der Waals surface area contributed by atoms with Crippen molar-refractivity contribution in [3.63, 3.8) is 0 Å². The zero-order valence-corrected chi connectivity index (χ0v) is 12.9. The van der Waals surface area contributed by atoms with Gasteiger partial charge < -0.3 is 10.2 Å². The minimum Gasteiger partial charge on any atom is -0.395 e. The zero-order chi connectivity index (χ0) is 16.0. The topological polar surface area (TPSA) is 77.8 Å². The van der Waals surface area contributed by atoms with Crippen LogP contribution < -0.4 is 0 Å². The Bertz CT molecular complexity index is 695. The summed E-state index contributed by atoms with van der Waals surface area (Å²) in [5.74, 6) is 0. The fourth-order valence-electron chi connectivity index (χ4n) is 2.26. The number of sulfonamides is 1. The highest BCUT2D eigenvalue weighted by atomic mass is 32.2. The second-order valence-electron chi connectivity index (χ2n) is 4.71. The Morgan fingerprint density at radius 2 is 1.36 bits per heavy atom. The molecule has 2 N–H and O–H groups in total. The maximum Gasteiger partial charge on any atom is 0.243 e. The van der Waals surface area contributed by atoms with E-state index < -0.39 is 10.0 Å². The van der Waals surface area contributed by atoms with Crippen LogP contribution in [0.25, 0.3) is 11.1 Å². The first kappa shape index (κ1) is 16.6. The van der Waals surface area contributed by atoms with E-state index in [1.54, 1.807) is 24.3 Å². The quantitative estimate of drug-likeness (QED) is 0.806. The lowest BCUT2D eigenvalue weighted by atomic mass is 10.1. The predicted octanol–water partition coefficient (Wildman–Crippen LogP) is 1.33. The van der Waals surface area contributed by atoms with Crippen LogP contribution in [0.3, 0.4) is 0 Å². The Labute approximate surface area is 130 Å². The maximum atomic E-state index is 12.8. The van der Waals surface area contributed by atoms with Gasteiger partial charge in [0.05, 0.1) is 18.1 Å². The van der Waals surface area contributed by atoms with Crippen LogP contribution in [0.5, 0.6) is 0 Å². The van der Waals surface area contributed by atoms with E-state index in [4.69, 9.17) is 10.2 Å². The lowest BCUT2D eigenvalue weighted by Crippen LogP contribution is -2.36. The minimum atomic E-state index is -3.79. The van der Waals surface area contributed by atoms with E-state index in [9.17, 15) is 8.42 Å². The number of aliphatic hydroxyl groups is 2. The van der Waals surface area contributed by atoms with E-state index in [-0.39, 0.29) is 31.2 Å². The molecule has 118 valence electrons. The largest absolute Gasteiger partial charge is 0.395 e. The third-order valence-corrected chi connectivity index (χ3v) is 5.25. The van der Waals surface area contributed by atoms with Crippen molar-refractivity contribution in [1.29, 1.82) is 0 Å². The Hall–Kier alpha value is -1.73. The molecule has 0 amide bonds. The highest BCUT2D eigenvalue weighted by molar-refractivity contribution is 7.89. The second-order valence-corrected chi connectivity index (χ2v) is 6.62. The molecule has 0 saturated carbocycles. The van der Waals surface area contributed by atoms with Crippen LogP contribution >= 0.6 is 0 Å². The molecule has 22 heavy (non-hydrogen) atoms. The molecule has 0 unspecified atom stereocenters. The van der Waals surface area contributed by atoms with Gasteiger partial charge in [0.1, 0.15) is 0 Å². The number of benzene rings is 2. The Kier molecular flexibility index (Phi) is 5.68. The van der Waals surface area contributed by atoms with Crippen LogP contribution in [0.1, 0.15) is 0 Å². The molecule has 0 aromatic heterocycles. The maximum absolute atomic E-state index is 12.8. The van der Waals surface area contributed by atoms with E-state index in [0.717, 1.165) is 9.87 Å². The predicted molar refractivity (Wildman–Crippen MR) is 84.8 cm³/mol. The molecule has 0 bridgehead atoms.